The lowest BCUT2D eigenvalue weighted by molar-refractivity contribution is -0.137. The van der Waals surface area contributed by atoms with Crippen molar-refractivity contribution in [2.45, 2.75) is 25.1 Å². The van der Waals surface area contributed by atoms with E-state index < -0.39 is 11.7 Å². The summed E-state index contributed by atoms with van der Waals surface area (Å²) in [5.74, 6) is 0.129. The second-order valence-corrected chi connectivity index (χ2v) is 4.11. The van der Waals surface area contributed by atoms with Gasteiger partial charge in [-0.05, 0) is 18.6 Å². The Hall–Kier alpha value is -1.79. The van der Waals surface area contributed by atoms with Crippen LogP contribution < -0.4 is 10.6 Å². The van der Waals surface area contributed by atoms with E-state index in [1.807, 2.05) is 0 Å². The Morgan fingerprint density at radius 3 is 2.89 bits per heavy atom. The molecule has 2 heterocycles. The summed E-state index contributed by atoms with van der Waals surface area (Å²) < 4.78 is 37.3. The minimum absolute atomic E-state index is 0.0289. The van der Waals surface area contributed by atoms with Crippen molar-refractivity contribution in [1.29, 1.82) is 0 Å². The quantitative estimate of drug-likeness (QED) is 0.870. The lowest BCUT2D eigenvalue weighted by Crippen LogP contribution is -2.32. The number of pyridine rings is 1. The molecule has 0 radical (unpaired) electrons. The highest BCUT2D eigenvalue weighted by atomic mass is 19.4. The number of hydrogen-bond acceptors (Lipinski definition) is 3. The molecule has 1 saturated heterocycles. The van der Waals surface area contributed by atoms with Crippen LogP contribution in [-0.2, 0) is 11.0 Å². The van der Waals surface area contributed by atoms with Crippen molar-refractivity contribution >= 4 is 11.7 Å². The second kappa shape index (κ2) is 4.83. The number of carbonyl (C=O) groups is 1. The van der Waals surface area contributed by atoms with Gasteiger partial charge in [-0.2, -0.15) is 13.2 Å². The Balaban J connectivity index is 1.95. The van der Waals surface area contributed by atoms with E-state index in [0.717, 1.165) is 18.3 Å². The van der Waals surface area contributed by atoms with Gasteiger partial charge < -0.3 is 10.6 Å². The number of carbonyl (C=O) groups excluding carboxylic acids is 1. The van der Waals surface area contributed by atoms with Crippen molar-refractivity contribution < 1.29 is 18.0 Å². The van der Waals surface area contributed by atoms with Crippen LogP contribution in [0.2, 0.25) is 0 Å². The van der Waals surface area contributed by atoms with Gasteiger partial charge in [0.05, 0.1) is 5.56 Å². The standard InChI is InChI=1S/C11H12F3N3O/c12-11(13,14)7-3-4-15-9(5-7)16-6-8-1-2-10(18)17-8/h3-5,8H,1-2,6H2,(H,15,16)(H,17,18). The number of rotatable bonds is 3. The van der Waals surface area contributed by atoms with Crippen LogP contribution in [0.5, 0.6) is 0 Å². The van der Waals surface area contributed by atoms with Crippen molar-refractivity contribution in [3.63, 3.8) is 0 Å². The van der Waals surface area contributed by atoms with Crippen LogP contribution in [0.1, 0.15) is 18.4 Å². The zero-order chi connectivity index (χ0) is 13.2. The van der Waals surface area contributed by atoms with Gasteiger partial charge in [0.1, 0.15) is 5.82 Å². The van der Waals surface area contributed by atoms with Gasteiger partial charge >= 0.3 is 6.18 Å². The maximum atomic E-state index is 12.4. The molecule has 18 heavy (non-hydrogen) atoms. The number of alkyl halides is 3. The average molecular weight is 259 g/mol. The van der Waals surface area contributed by atoms with Crippen molar-refractivity contribution in [3.8, 4) is 0 Å². The van der Waals surface area contributed by atoms with E-state index in [4.69, 9.17) is 0 Å². The Labute approximate surface area is 102 Å². The van der Waals surface area contributed by atoms with Gasteiger partial charge in [0.15, 0.2) is 0 Å². The molecule has 1 aliphatic rings. The fourth-order valence-electron chi connectivity index (χ4n) is 1.76. The first kappa shape index (κ1) is 12.7. The molecule has 0 spiro atoms. The van der Waals surface area contributed by atoms with E-state index in [1.165, 1.54) is 0 Å². The van der Waals surface area contributed by atoms with Crippen LogP contribution in [0.3, 0.4) is 0 Å². The summed E-state index contributed by atoms with van der Waals surface area (Å²) in [6, 6.07) is 1.83. The minimum atomic E-state index is -4.37. The number of hydrogen-bond donors (Lipinski definition) is 2. The number of aromatic nitrogens is 1. The summed E-state index contributed by atoms with van der Waals surface area (Å²) in [5, 5.41) is 5.51. The van der Waals surface area contributed by atoms with E-state index in [0.29, 0.717) is 19.4 Å². The number of halogens is 3. The van der Waals surface area contributed by atoms with E-state index in [9.17, 15) is 18.0 Å². The van der Waals surface area contributed by atoms with Crippen molar-refractivity contribution in [2.75, 3.05) is 11.9 Å². The molecule has 1 aliphatic heterocycles. The topological polar surface area (TPSA) is 54.0 Å². The van der Waals surface area contributed by atoms with Crippen molar-refractivity contribution in [3.05, 3.63) is 23.9 Å². The molecular weight excluding hydrogens is 247 g/mol. The third-order valence-corrected chi connectivity index (χ3v) is 2.70. The van der Waals surface area contributed by atoms with Crippen LogP contribution in [0, 0.1) is 0 Å². The van der Waals surface area contributed by atoms with Crippen molar-refractivity contribution in [1.82, 2.24) is 10.3 Å². The third kappa shape index (κ3) is 3.12. The van der Waals surface area contributed by atoms with Gasteiger partial charge in [-0.15, -0.1) is 0 Å². The maximum absolute atomic E-state index is 12.4. The zero-order valence-corrected chi connectivity index (χ0v) is 9.42. The molecule has 1 fully saturated rings. The first-order chi connectivity index (χ1) is 8.45. The van der Waals surface area contributed by atoms with Gasteiger partial charge in [0, 0.05) is 25.2 Å². The summed E-state index contributed by atoms with van der Waals surface area (Å²) >= 11 is 0. The van der Waals surface area contributed by atoms with Crippen LogP contribution >= 0.6 is 0 Å². The van der Waals surface area contributed by atoms with Gasteiger partial charge in [-0.25, -0.2) is 4.98 Å². The molecule has 1 atom stereocenters. The smallest absolute Gasteiger partial charge is 0.368 e. The Morgan fingerprint density at radius 1 is 1.50 bits per heavy atom. The average Bonchev–Trinajstić information content (AvgIpc) is 2.72. The molecule has 1 amide bonds. The number of nitrogens with one attached hydrogen (secondary N) is 2. The third-order valence-electron chi connectivity index (χ3n) is 2.70. The highest BCUT2D eigenvalue weighted by molar-refractivity contribution is 5.78. The summed E-state index contributed by atoms with van der Waals surface area (Å²) in [5.41, 5.74) is -0.740. The van der Waals surface area contributed by atoms with Crippen molar-refractivity contribution in [2.24, 2.45) is 0 Å². The first-order valence-electron chi connectivity index (χ1n) is 5.51. The molecule has 1 aromatic rings. The second-order valence-electron chi connectivity index (χ2n) is 4.11. The fourth-order valence-corrected chi connectivity index (χ4v) is 1.76. The lowest BCUT2D eigenvalue weighted by Gasteiger charge is -2.13. The Kier molecular flexibility index (Phi) is 3.40. The molecule has 7 heteroatoms. The van der Waals surface area contributed by atoms with Crippen LogP contribution in [0.4, 0.5) is 19.0 Å². The van der Waals surface area contributed by atoms with E-state index in [1.54, 1.807) is 0 Å². The summed E-state index contributed by atoms with van der Waals surface area (Å²) in [6.45, 7) is 0.375. The highest BCUT2D eigenvalue weighted by Gasteiger charge is 2.30. The predicted octanol–water partition coefficient (Wildman–Crippen LogP) is 1.79. The molecule has 98 valence electrons. The largest absolute Gasteiger partial charge is 0.416 e. The molecule has 2 N–H and O–H groups in total. The first-order valence-corrected chi connectivity index (χ1v) is 5.51. The van der Waals surface area contributed by atoms with Gasteiger partial charge in [-0.3, -0.25) is 4.79 Å². The monoisotopic (exact) mass is 259 g/mol. The zero-order valence-electron chi connectivity index (χ0n) is 9.42. The molecule has 0 aliphatic carbocycles. The van der Waals surface area contributed by atoms with E-state index >= 15 is 0 Å². The Morgan fingerprint density at radius 2 is 2.28 bits per heavy atom. The predicted molar refractivity (Wildman–Crippen MR) is 58.9 cm³/mol. The van der Waals surface area contributed by atoms with Gasteiger partial charge in [0.25, 0.3) is 0 Å². The van der Waals surface area contributed by atoms with Gasteiger partial charge in [0.2, 0.25) is 5.91 Å². The van der Waals surface area contributed by atoms with E-state index in [2.05, 4.69) is 15.6 Å². The van der Waals surface area contributed by atoms with E-state index in [-0.39, 0.29) is 17.8 Å². The van der Waals surface area contributed by atoms with Crippen LogP contribution in [0.25, 0.3) is 0 Å². The molecule has 1 unspecified atom stereocenters. The fraction of sp³-hybridized carbons (Fsp3) is 0.455. The SMILES string of the molecule is O=C1CCC(CNc2cc(C(F)(F)F)ccn2)N1. The number of amides is 1. The van der Waals surface area contributed by atoms with Gasteiger partial charge in [-0.1, -0.05) is 0 Å². The molecule has 2 rings (SSSR count). The maximum Gasteiger partial charge on any atom is 0.416 e. The molecule has 0 aromatic carbocycles. The number of nitrogens with zero attached hydrogens (tertiary/aromatic N) is 1. The molecule has 4 nitrogen and oxygen atoms in total. The Bertz CT molecular complexity index is 447. The summed E-state index contributed by atoms with van der Waals surface area (Å²) in [7, 11) is 0. The summed E-state index contributed by atoms with van der Waals surface area (Å²) in [4.78, 5) is 14.8. The van der Waals surface area contributed by atoms with Crippen LogP contribution in [-0.4, -0.2) is 23.5 Å². The molecule has 1 aromatic heterocycles. The number of anilines is 1. The highest BCUT2D eigenvalue weighted by Crippen LogP contribution is 2.29. The normalized spacial score (nSPS) is 19.7. The molecular formula is C11H12F3N3O. The van der Waals surface area contributed by atoms with Crippen LogP contribution in [0.15, 0.2) is 18.3 Å². The molecule has 0 bridgehead atoms. The lowest BCUT2D eigenvalue weighted by atomic mass is 10.2. The summed E-state index contributed by atoms with van der Waals surface area (Å²) in [6.07, 6.45) is -2.12. The molecule has 0 saturated carbocycles. The minimum Gasteiger partial charge on any atom is -0.368 e.